The van der Waals surface area contributed by atoms with Gasteiger partial charge >= 0.3 is 0 Å². The number of hydrogen-bond acceptors (Lipinski definition) is 7. The van der Waals surface area contributed by atoms with E-state index in [0.717, 1.165) is 5.56 Å². The standard InChI is InChI=1S/C30H31FN6O4/c1-2-16-30(29(39)36-33-17-15-21-7-5-8-23(31)20-21)27(25-9-3-4-10-26(25)35-37-32)41-28(34-30)22-11-13-24(14-12-22)40-19-6-18-38/h2-5,7-14,20,27,33,38H,1,6,15-19H2,(H,36,39)/t27-,30-/m0/s1. The zero-order valence-electron chi connectivity index (χ0n) is 22.4. The molecule has 11 heteroatoms. The van der Waals surface area contributed by atoms with Crippen LogP contribution in [0.1, 0.15) is 35.6 Å². The molecule has 0 unspecified atom stereocenters. The number of nitrogens with one attached hydrogen (secondary N) is 2. The summed E-state index contributed by atoms with van der Waals surface area (Å²) >= 11 is 0. The first kappa shape index (κ1) is 29.3. The Labute approximate surface area is 237 Å². The van der Waals surface area contributed by atoms with E-state index in [0.29, 0.717) is 48.6 Å². The molecule has 0 saturated carbocycles. The molecule has 1 aliphatic rings. The summed E-state index contributed by atoms with van der Waals surface area (Å²) in [6.07, 6.45) is 1.75. The Morgan fingerprint density at radius 2 is 2.02 bits per heavy atom. The third kappa shape index (κ3) is 7.09. The summed E-state index contributed by atoms with van der Waals surface area (Å²) in [6.45, 7) is 4.60. The Hall–Kier alpha value is -4.70. The van der Waals surface area contributed by atoms with Crippen LogP contribution >= 0.6 is 0 Å². The zero-order valence-corrected chi connectivity index (χ0v) is 22.4. The molecule has 41 heavy (non-hydrogen) atoms. The second-order valence-electron chi connectivity index (χ2n) is 9.29. The number of azide groups is 1. The number of carbonyl (C=O) groups is 1. The largest absolute Gasteiger partial charge is 0.494 e. The van der Waals surface area contributed by atoms with Crippen LogP contribution in [0.2, 0.25) is 0 Å². The van der Waals surface area contributed by atoms with E-state index in [1.807, 2.05) is 0 Å². The smallest absolute Gasteiger partial charge is 0.266 e. The maximum atomic E-state index is 13.8. The lowest BCUT2D eigenvalue weighted by atomic mass is 9.84. The molecule has 0 aromatic heterocycles. The number of carbonyl (C=O) groups excluding carboxylic acids is 1. The van der Waals surface area contributed by atoms with E-state index < -0.39 is 17.6 Å². The number of amides is 1. The normalized spacial score (nSPS) is 17.6. The van der Waals surface area contributed by atoms with Crippen molar-refractivity contribution in [2.45, 2.75) is 30.9 Å². The van der Waals surface area contributed by atoms with Crippen molar-refractivity contribution in [1.82, 2.24) is 10.9 Å². The van der Waals surface area contributed by atoms with Gasteiger partial charge in [0.15, 0.2) is 11.6 Å². The second-order valence-corrected chi connectivity index (χ2v) is 9.29. The summed E-state index contributed by atoms with van der Waals surface area (Å²) in [5.41, 5.74) is 15.5. The quantitative estimate of drug-likeness (QED) is 0.0621. The number of hydrogen-bond donors (Lipinski definition) is 3. The number of halogens is 1. The molecule has 0 bridgehead atoms. The number of aliphatic hydroxyl groups excluding tert-OH is 1. The average molecular weight is 559 g/mol. The van der Waals surface area contributed by atoms with Crippen LogP contribution in [-0.2, 0) is 16.0 Å². The van der Waals surface area contributed by atoms with Crippen LogP contribution in [0.15, 0.2) is 95.6 Å². The summed E-state index contributed by atoms with van der Waals surface area (Å²) in [6, 6.07) is 20.2. The van der Waals surface area contributed by atoms with E-state index in [1.54, 1.807) is 66.7 Å². The van der Waals surface area contributed by atoms with Gasteiger partial charge in [0.25, 0.3) is 5.91 Å². The van der Waals surface area contributed by atoms with Gasteiger partial charge in [-0.25, -0.2) is 14.8 Å². The summed E-state index contributed by atoms with van der Waals surface area (Å²) in [5.74, 6) is 0.0390. The molecular weight excluding hydrogens is 527 g/mol. The molecule has 0 spiro atoms. The molecule has 3 aromatic carbocycles. The lowest BCUT2D eigenvalue weighted by Gasteiger charge is -2.30. The fourth-order valence-corrected chi connectivity index (χ4v) is 4.51. The van der Waals surface area contributed by atoms with E-state index in [-0.39, 0.29) is 24.7 Å². The van der Waals surface area contributed by atoms with Crippen LogP contribution < -0.4 is 15.6 Å². The Balaban J connectivity index is 1.63. The van der Waals surface area contributed by atoms with Crippen LogP contribution in [-0.4, -0.2) is 42.2 Å². The molecule has 3 N–H and O–H groups in total. The maximum Gasteiger partial charge on any atom is 0.266 e. The maximum absolute atomic E-state index is 13.8. The van der Waals surface area contributed by atoms with Crippen molar-refractivity contribution in [3.8, 4) is 5.75 Å². The van der Waals surface area contributed by atoms with Gasteiger partial charge < -0.3 is 14.6 Å². The van der Waals surface area contributed by atoms with Crippen LogP contribution in [0.5, 0.6) is 5.75 Å². The summed E-state index contributed by atoms with van der Waals surface area (Å²) in [5, 5.41) is 12.8. The van der Waals surface area contributed by atoms with Crippen molar-refractivity contribution in [3.63, 3.8) is 0 Å². The number of rotatable bonds is 14. The van der Waals surface area contributed by atoms with E-state index in [2.05, 4.69) is 27.5 Å². The van der Waals surface area contributed by atoms with E-state index in [9.17, 15) is 9.18 Å². The predicted molar refractivity (Wildman–Crippen MR) is 153 cm³/mol. The number of hydrazine groups is 1. The minimum absolute atomic E-state index is 0.0363. The highest BCUT2D eigenvalue weighted by Crippen LogP contribution is 2.45. The number of benzene rings is 3. The van der Waals surface area contributed by atoms with Crippen LogP contribution in [0.3, 0.4) is 0 Å². The lowest BCUT2D eigenvalue weighted by molar-refractivity contribution is -0.129. The molecule has 1 aliphatic heterocycles. The number of aliphatic imine (C=N–C) groups is 1. The van der Waals surface area contributed by atoms with Gasteiger partial charge in [-0.3, -0.25) is 10.2 Å². The highest BCUT2D eigenvalue weighted by molar-refractivity contribution is 6.01. The van der Waals surface area contributed by atoms with Crippen molar-refractivity contribution in [2.24, 2.45) is 10.1 Å². The van der Waals surface area contributed by atoms with Gasteiger partial charge in [0.1, 0.15) is 11.6 Å². The topological polar surface area (TPSA) is 141 Å². The average Bonchev–Trinajstić information content (AvgIpc) is 3.37. The van der Waals surface area contributed by atoms with Crippen LogP contribution in [0.25, 0.3) is 10.4 Å². The summed E-state index contributed by atoms with van der Waals surface area (Å²) < 4.78 is 25.5. The Morgan fingerprint density at radius 1 is 1.22 bits per heavy atom. The van der Waals surface area contributed by atoms with Gasteiger partial charge in [-0.05, 0) is 53.9 Å². The van der Waals surface area contributed by atoms with Crippen LogP contribution in [0, 0.1) is 5.82 Å². The monoisotopic (exact) mass is 558 g/mol. The third-order valence-corrected chi connectivity index (χ3v) is 6.49. The first-order valence-corrected chi connectivity index (χ1v) is 13.1. The van der Waals surface area contributed by atoms with Crippen molar-refractivity contribution >= 4 is 17.5 Å². The first-order chi connectivity index (χ1) is 20.0. The van der Waals surface area contributed by atoms with Crippen molar-refractivity contribution in [2.75, 3.05) is 19.8 Å². The van der Waals surface area contributed by atoms with Gasteiger partial charge in [-0.15, -0.1) is 6.58 Å². The fraction of sp³-hybridized carbons (Fsp3) is 0.267. The molecule has 2 atom stereocenters. The highest BCUT2D eigenvalue weighted by atomic mass is 19.1. The van der Waals surface area contributed by atoms with E-state index in [4.69, 9.17) is 25.1 Å². The van der Waals surface area contributed by atoms with Crippen molar-refractivity contribution in [1.29, 1.82) is 0 Å². The third-order valence-electron chi connectivity index (χ3n) is 6.49. The molecule has 0 fully saturated rings. The Morgan fingerprint density at radius 3 is 2.76 bits per heavy atom. The Bertz CT molecular complexity index is 1440. The van der Waals surface area contributed by atoms with Gasteiger partial charge in [-0.2, -0.15) is 0 Å². The van der Waals surface area contributed by atoms with Gasteiger partial charge in [0, 0.05) is 47.7 Å². The van der Waals surface area contributed by atoms with Gasteiger partial charge in [0.2, 0.25) is 5.90 Å². The second kappa shape index (κ2) is 14.1. The lowest BCUT2D eigenvalue weighted by Crippen LogP contribution is -2.52. The Kier molecular flexibility index (Phi) is 10.1. The minimum Gasteiger partial charge on any atom is -0.494 e. The summed E-state index contributed by atoms with van der Waals surface area (Å²) in [4.78, 5) is 21.6. The van der Waals surface area contributed by atoms with Crippen molar-refractivity contribution < 1.29 is 23.8 Å². The van der Waals surface area contributed by atoms with E-state index >= 15 is 0 Å². The van der Waals surface area contributed by atoms with Gasteiger partial charge in [-0.1, -0.05) is 47.6 Å². The number of ether oxygens (including phenoxy) is 2. The molecule has 1 heterocycles. The number of aliphatic hydroxyl groups is 1. The fourth-order valence-electron chi connectivity index (χ4n) is 4.51. The number of nitrogens with zero attached hydrogens (tertiary/aromatic N) is 4. The van der Waals surface area contributed by atoms with E-state index in [1.165, 1.54) is 12.1 Å². The minimum atomic E-state index is -1.49. The molecule has 4 rings (SSSR count). The molecule has 212 valence electrons. The van der Waals surface area contributed by atoms with Crippen LogP contribution in [0.4, 0.5) is 10.1 Å². The molecule has 0 aliphatic carbocycles. The summed E-state index contributed by atoms with van der Waals surface area (Å²) in [7, 11) is 0. The van der Waals surface area contributed by atoms with Crippen molar-refractivity contribution in [3.05, 3.63) is 118 Å². The SMILES string of the molecule is C=CC[C@]1(C(=O)NNCCc2cccc(F)c2)N=C(c2ccc(OCCCO)cc2)O[C@H]1c1ccccc1N=[N+]=[N-]. The molecular formula is C30H31FN6O4. The molecule has 10 nitrogen and oxygen atoms in total. The molecule has 0 saturated heterocycles. The first-order valence-electron chi connectivity index (χ1n) is 13.1. The molecule has 1 amide bonds. The highest BCUT2D eigenvalue weighted by Gasteiger charge is 2.53. The predicted octanol–water partition coefficient (Wildman–Crippen LogP) is 5.23. The van der Waals surface area contributed by atoms with Gasteiger partial charge in [0.05, 0.1) is 6.61 Å². The zero-order chi connectivity index (χ0) is 29.1. The molecule has 0 radical (unpaired) electrons. The molecule has 3 aromatic rings.